The molecule has 8 nitrogen and oxygen atoms in total. The van der Waals surface area contributed by atoms with E-state index in [1.165, 1.54) is 18.2 Å². The highest BCUT2D eigenvalue weighted by Gasteiger charge is 2.37. The topological polar surface area (TPSA) is 105 Å². The fourth-order valence-electron chi connectivity index (χ4n) is 3.65. The van der Waals surface area contributed by atoms with Crippen LogP contribution in [-0.4, -0.2) is 35.6 Å². The highest BCUT2D eigenvalue weighted by atomic mass is 32.2. The average Bonchev–Trinajstić information content (AvgIpc) is 3.08. The summed E-state index contributed by atoms with van der Waals surface area (Å²) in [5, 5.41) is 0. The molecule has 0 aliphatic carbocycles. The Kier molecular flexibility index (Phi) is 5.06. The van der Waals surface area contributed by atoms with Gasteiger partial charge in [-0.15, -0.1) is 0 Å². The van der Waals surface area contributed by atoms with Gasteiger partial charge in [0.1, 0.15) is 16.4 Å². The van der Waals surface area contributed by atoms with Crippen LogP contribution in [0.2, 0.25) is 0 Å². The third kappa shape index (κ3) is 3.97. The molecular weight excluding hydrogens is 414 g/mol. The molecule has 1 atom stereocenters. The van der Waals surface area contributed by atoms with Gasteiger partial charge in [0.2, 0.25) is 20.0 Å². The third-order valence-electron chi connectivity index (χ3n) is 4.82. The lowest BCUT2D eigenvalue weighted by molar-refractivity contribution is 0.477. The van der Waals surface area contributed by atoms with E-state index in [0.29, 0.717) is 17.2 Å². The van der Waals surface area contributed by atoms with Crippen LogP contribution in [0.1, 0.15) is 26.7 Å². The van der Waals surface area contributed by atoms with Crippen LogP contribution in [0.4, 0.5) is 5.69 Å². The zero-order chi connectivity index (χ0) is 20.8. The van der Waals surface area contributed by atoms with Gasteiger partial charge in [-0.2, -0.15) is 4.72 Å². The molecule has 10 heteroatoms. The predicted molar refractivity (Wildman–Crippen MR) is 109 cm³/mol. The van der Waals surface area contributed by atoms with Crippen LogP contribution in [0.3, 0.4) is 0 Å². The van der Waals surface area contributed by atoms with Crippen molar-refractivity contribution < 1.29 is 21.6 Å². The highest BCUT2D eigenvalue weighted by Crippen LogP contribution is 2.38. The first-order chi connectivity index (χ1) is 13.7. The normalized spacial score (nSPS) is 20.4. The van der Waals surface area contributed by atoms with E-state index in [2.05, 4.69) is 9.44 Å². The SMILES string of the molecule is CC(C)NS(=O)(=O)c1cccc(Oc2ccc3c(c2)S(=O)(=O)NC2CCCN32)c1. The summed E-state index contributed by atoms with van der Waals surface area (Å²) in [6.45, 7) is 4.28. The van der Waals surface area contributed by atoms with Crippen molar-refractivity contribution in [2.24, 2.45) is 0 Å². The number of benzene rings is 2. The number of ether oxygens (including phenoxy) is 1. The molecule has 2 aromatic rings. The van der Waals surface area contributed by atoms with Gasteiger partial charge < -0.3 is 9.64 Å². The highest BCUT2D eigenvalue weighted by molar-refractivity contribution is 7.90. The number of hydrogen-bond donors (Lipinski definition) is 2. The minimum atomic E-state index is -3.66. The number of nitrogens with zero attached hydrogens (tertiary/aromatic N) is 1. The van der Waals surface area contributed by atoms with Gasteiger partial charge in [0.05, 0.1) is 16.7 Å². The molecule has 2 aliphatic rings. The van der Waals surface area contributed by atoms with Crippen molar-refractivity contribution >= 4 is 25.7 Å². The predicted octanol–water partition coefficient (Wildman–Crippen LogP) is 2.38. The van der Waals surface area contributed by atoms with Gasteiger partial charge in [0.25, 0.3) is 0 Å². The van der Waals surface area contributed by atoms with Gasteiger partial charge >= 0.3 is 0 Å². The summed E-state index contributed by atoms with van der Waals surface area (Å²) in [4.78, 5) is 2.29. The van der Waals surface area contributed by atoms with E-state index < -0.39 is 20.0 Å². The molecule has 0 aromatic heterocycles. The molecule has 156 valence electrons. The Morgan fingerprint density at radius 3 is 2.69 bits per heavy atom. The van der Waals surface area contributed by atoms with Gasteiger partial charge in [-0.05, 0) is 51.0 Å². The molecule has 1 unspecified atom stereocenters. The first-order valence-electron chi connectivity index (χ1n) is 9.39. The van der Waals surface area contributed by atoms with Crippen molar-refractivity contribution in [3.63, 3.8) is 0 Å². The smallest absolute Gasteiger partial charge is 0.244 e. The van der Waals surface area contributed by atoms with Gasteiger partial charge in [-0.25, -0.2) is 21.6 Å². The molecule has 29 heavy (non-hydrogen) atoms. The second-order valence-corrected chi connectivity index (χ2v) is 10.9. The summed E-state index contributed by atoms with van der Waals surface area (Å²) >= 11 is 0. The van der Waals surface area contributed by atoms with Gasteiger partial charge in [0, 0.05) is 24.7 Å². The largest absolute Gasteiger partial charge is 0.457 e. The minimum Gasteiger partial charge on any atom is -0.457 e. The van der Waals surface area contributed by atoms with E-state index in [0.717, 1.165) is 19.4 Å². The first kappa shape index (κ1) is 20.1. The van der Waals surface area contributed by atoms with E-state index >= 15 is 0 Å². The molecule has 0 saturated carbocycles. The van der Waals surface area contributed by atoms with Crippen molar-refractivity contribution in [3.05, 3.63) is 42.5 Å². The lowest BCUT2D eigenvalue weighted by Crippen LogP contribution is -2.48. The van der Waals surface area contributed by atoms with E-state index in [1.54, 1.807) is 38.1 Å². The molecule has 1 saturated heterocycles. The van der Waals surface area contributed by atoms with E-state index in [9.17, 15) is 16.8 Å². The maximum Gasteiger partial charge on any atom is 0.244 e. The first-order valence-corrected chi connectivity index (χ1v) is 12.4. The van der Waals surface area contributed by atoms with Crippen molar-refractivity contribution in [2.75, 3.05) is 11.4 Å². The number of hydrogen-bond acceptors (Lipinski definition) is 6. The molecule has 0 amide bonds. The Balaban J connectivity index is 1.64. The molecule has 2 N–H and O–H groups in total. The maximum atomic E-state index is 12.6. The second kappa shape index (κ2) is 7.28. The Morgan fingerprint density at radius 1 is 1.17 bits per heavy atom. The van der Waals surface area contributed by atoms with E-state index in [4.69, 9.17) is 4.74 Å². The molecule has 0 radical (unpaired) electrons. The zero-order valence-corrected chi connectivity index (χ0v) is 17.8. The summed E-state index contributed by atoms with van der Waals surface area (Å²) in [5.74, 6) is 0.620. The number of rotatable bonds is 5. The summed E-state index contributed by atoms with van der Waals surface area (Å²) in [7, 11) is -7.29. The molecule has 2 heterocycles. The third-order valence-corrected chi connectivity index (χ3v) is 7.96. The molecular formula is C19H23N3O5S2. The fraction of sp³-hybridized carbons (Fsp3) is 0.368. The Morgan fingerprint density at radius 2 is 1.93 bits per heavy atom. The number of nitrogens with one attached hydrogen (secondary N) is 2. The van der Waals surface area contributed by atoms with E-state index in [-0.39, 0.29) is 22.0 Å². The quantitative estimate of drug-likeness (QED) is 0.744. The molecule has 4 rings (SSSR count). The van der Waals surface area contributed by atoms with Crippen LogP contribution in [0.5, 0.6) is 11.5 Å². The van der Waals surface area contributed by atoms with Crippen LogP contribution >= 0.6 is 0 Å². The van der Waals surface area contributed by atoms with Crippen LogP contribution in [-0.2, 0) is 20.0 Å². The zero-order valence-electron chi connectivity index (χ0n) is 16.1. The monoisotopic (exact) mass is 437 g/mol. The molecule has 0 spiro atoms. The average molecular weight is 438 g/mol. The van der Waals surface area contributed by atoms with Crippen molar-refractivity contribution in [1.29, 1.82) is 0 Å². The number of fused-ring (bicyclic) bond motifs is 3. The molecule has 1 fully saturated rings. The van der Waals surface area contributed by atoms with Crippen molar-refractivity contribution in [1.82, 2.24) is 9.44 Å². The van der Waals surface area contributed by atoms with Crippen LogP contribution in [0.25, 0.3) is 0 Å². The van der Waals surface area contributed by atoms with E-state index in [1.807, 2.05) is 4.90 Å². The Hall–Kier alpha value is -2.14. The Bertz CT molecular complexity index is 1150. The van der Waals surface area contributed by atoms with Gasteiger partial charge in [-0.3, -0.25) is 0 Å². The van der Waals surface area contributed by atoms with Crippen molar-refractivity contribution in [2.45, 2.75) is 48.7 Å². The standard InChI is InChI=1S/C19H23N3O5S2/c1-13(2)20-28(23,24)16-6-3-5-14(11-16)27-15-8-9-17-18(12-15)29(25,26)21-19-7-4-10-22(17)19/h3,5-6,8-9,11-13,19-21H,4,7,10H2,1-2H3. The van der Waals surface area contributed by atoms with Crippen LogP contribution < -0.4 is 19.1 Å². The summed E-state index contributed by atoms with van der Waals surface area (Å²) in [6, 6.07) is 10.8. The molecule has 2 aromatic carbocycles. The molecule has 0 bridgehead atoms. The minimum absolute atomic E-state index is 0.0795. The van der Waals surface area contributed by atoms with Gasteiger partial charge in [-0.1, -0.05) is 6.07 Å². The van der Waals surface area contributed by atoms with Crippen LogP contribution in [0, 0.1) is 0 Å². The Labute approximate surface area is 171 Å². The summed E-state index contributed by atoms with van der Waals surface area (Å²) in [6.07, 6.45) is 1.51. The summed E-state index contributed by atoms with van der Waals surface area (Å²) < 4.78 is 61.0. The maximum absolute atomic E-state index is 12.6. The number of sulfonamides is 2. The van der Waals surface area contributed by atoms with Gasteiger partial charge in [0.15, 0.2) is 0 Å². The fourth-order valence-corrected chi connectivity index (χ4v) is 6.40. The number of anilines is 1. The van der Waals surface area contributed by atoms with Crippen molar-refractivity contribution in [3.8, 4) is 11.5 Å². The molecule has 2 aliphatic heterocycles. The van der Waals surface area contributed by atoms with Crippen LogP contribution in [0.15, 0.2) is 52.3 Å². The lowest BCUT2D eigenvalue weighted by Gasteiger charge is -2.33. The lowest BCUT2D eigenvalue weighted by atomic mass is 10.2. The summed E-state index contributed by atoms with van der Waals surface area (Å²) in [5.41, 5.74) is 0.663. The second-order valence-electron chi connectivity index (χ2n) is 7.46.